The summed E-state index contributed by atoms with van der Waals surface area (Å²) in [7, 11) is -4.01. The maximum atomic E-state index is 13.6. The Bertz CT molecular complexity index is 1200. The van der Waals surface area contributed by atoms with Gasteiger partial charge in [0.15, 0.2) is 5.78 Å². The van der Waals surface area contributed by atoms with Gasteiger partial charge >= 0.3 is 0 Å². The predicted molar refractivity (Wildman–Crippen MR) is 113 cm³/mol. The molecule has 0 N–H and O–H groups in total. The number of likely N-dealkylation sites (tertiary alicyclic amines) is 1. The number of nitrogens with zero attached hydrogens (tertiary/aromatic N) is 2. The molecule has 2 aromatic rings. The Labute approximate surface area is 185 Å². The highest BCUT2D eigenvalue weighted by atomic mass is 32.2. The summed E-state index contributed by atoms with van der Waals surface area (Å²) in [6, 6.07) is 11.1. The van der Waals surface area contributed by atoms with Gasteiger partial charge in [-0.25, -0.2) is 12.8 Å². The number of fused-ring (bicyclic) bond motifs is 1. The minimum Gasteiger partial charge on any atom is -0.484 e. The minimum atomic E-state index is -4.01. The SMILES string of the molecule is O=C1CC2(CCN(C(=O)C3CCCN3S(=O)(=O)c3cccc(F)c3)C2)Oc2ccccc21. The molecule has 3 aliphatic heterocycles. The van der Waals surface area contributed by atoms with Crippen molar-refractivity contribution < 1.29 is 27.1 Å². The van der Waals surface area contributed by atoms with Crippen molar-refractivity contribution in [2.45, 2.75) is 42.2 Å². The van der Waals surface area contributed by atoms with Gasteiger partial charge in [0.25, 0.3) is 0 Å². The molecule has 2 saturated heterocycles. The molecule has 1 amide bonds. The van der Waals surface area contributed by atoms with E-state index in [0.717, 1.165) is 6.07 Å². The number of hydrogen-bond acceptors (Lipinski definition) is 5. The first-order valence-electron chi connectivity index (χ1n) is 10.7. The fourth-order valence-electron chi connectivity index (χ4n) is 4.95. The molecular weight excluding hydrogens is 435 g/mol. The van der Waals surface area contributed by atoms with E-state index in [0.29, 0.717) is 37.1 Å². The number of halogens is 1. The van der Waals surface area contributed by atoms with Crippen LogP contribution in [0.25, 0.3) is 0 Å². The molecule has 0 bridgehead atoms. The van der Waals surface area contributed by atoms with E-state index in [4.69, 9.17) is 4.74 Å². The zero-order valence-electron chi connectivity index (χ0n) is 17.4. The standard InChI is InChI=1S/C23H23FN2O5S/c24-16-5-3-6-17(13-16)32(29,30)26-11-4-8-19(26)22(28)25-12-10-23(15-25)14-20(27)18-7-1-2-9-21(18)31-23/h1-3,5-7,9,13,19H,4,8,10-12,14-15H2. The molecule has 0 aromatic heterocycles. The molecule has 5 rings (SSSR count). The number of rotatable bonds is 3. The second-order valence-corrected chi connectivity index (χ2v) is 10.5. The lowest BCUT2D eigenvalue weighted by Gasteiger charge is -2.35. The van der Waals surface area contributed by atoms with Crippen LogP contribution in [0.2, 0.25) is 0 Å². The highest BCUT2D eigenvalue weighted by molar-refractivity contribution is 7.89. The van der Waals surface area contributed by atoms with Crippen molar-refractivity contribution in [2.75, 3.05) is 19.6 Å². The maximum absolute atomic E-state index is 13.6. The number of hydrogen-bond donors (Lipinski definition) is 0. The molecule has 3 heterocycles. The molecule has 0 radical (unpaired) electrons. The van der Waals surface area contributed by atoms with Crippen LogP contribution in [0.4, 0.5) is 4.39 Å². The first-order valence-corrected chi connectivity index (χ1v) is 12.1. The maximum Gasteiger partial charge on any atom is 0.243 e. The Hall–Kier alpha value is -2.78. The van der Waals surface area contributed by atoms with Crippen LogP contribution in [-0.2, 0) is 14.8 Å². The second kappa shape index (κ2) is 7.67. The van der Waals surface area contributed by atoms with Crippen molar-refractivity contribution in [3.05, 3.63) is 59.9 Å². The van der Waals surface area contributed by atoms with Crippen LogP contribution >= 0.6 is 0 Å². The molecule has 168 valence electrons. The van der Waals surface area contributed by atoms with Gasteiger partial charge in [-0.15, -0.1) is 0 Å². The van der Waals surface area contributed by atoms with Gasteiger partial charge in [-0.05, 0) is 43.2 Å². The average Bonchev–Trinajstić information content (AvgIpc) is 3.41. The van der Waals surface area contributed by atoms with Gasteiger partial charge in [0, 0.05) is 19.5 Å². The molecular formula is C23H23FN2O5S. The Balaban J connectivity index is 1.35. The third-order valence-corrected chi connectivity index (χ3v) is 8.42. The molecule has 2 atom stereocenters. The van der Waals surface area contributed by atoms with Crippen molar-refractivity contribution in [3.63, 3.8) is 0 Å². The van der Waals surface area contributed by atoms with E-state index in [9.17, 15) is 22.4 Å². The van der Waals surface area contributed by atoms with E-state index in [1.54, 1.807) is 29.2 Å². The van der Waals surface area contributed by atoms with Crippen LogP contribution in [0.1, 0.15) is 36.0 Å². The summed E-state index contributed by atoms with van der Waals surface area (Å²) in [5.41, 5.74) is -0.238. The first kappa shape index (κ1) is 21.1. The summed E-state index contributed by atoms with van der Waals surface area (Å²) < 4.78 is 47.2. The number of carbonyl (C=O) groups excluding carboxylic acids is 2. The number of para-hydroxylation sites is 1. The zero-order chi connectivity index (χ0) is 22.5. The van der Waals surface area contributed by atoms with E-state index in [1.807, 2.05) is 0 Å². The number of amides is 1. The normalized spacial score (nSPS) is 25.7. The third-order valence-electron chi connectivity index (χ3n) is 6.52. The predicted octanol–water partition coefficient (Wildman–Crippen LogP) is 2.62. The van der Waals surface area contributed by atoms with Gasteiger partial charge < -0.3 is 9.64 Å². The van der Waals surface area contributed by atoms with Crippen LogP contribution in [0, 0.1) is 5.82 Å². The zero-order valence-corrected chi connectivity index (χ0v) is 18.2. The van der Waals surface area contributed by atoms with Gasteiger partial charge in [0.05, 0.1) is 23.4 Å². The summed E-state index contributed by atoms with van der Waals surface area (Å²) >= 11 is 0. The fraction of sp³-hybridized carbons (Fsp3) is 0.391. The number of Topliss-reactive ketones (excluding diaryl/α,β-unsaturated/α-hetero) is 1. The van der Waals surface area contributed by atoms with E-state index in [1.165, 1.54) is 22.5 Å². The number of ether oxygens (including phenoxy) is 1. The van der Waals surface area contributed by atoms with Crippen LogP contribution in [0.5, 0.6) is 5.75 Å². The molecule has 1 spiro atoms. The van der Waals surface area contributed by atoms with E-state index in [2.05, 4.69) is 0 Å². The Morgan fingerprint density at radius 3 is 2.75 bits per heavy atom. The Kier molecular flexibility index (Phi) is 5.05. The fourth-order valence-corrected chi connectivity index (χ4v) is 6.63. The lowest BCUT2D eigenvalue weighted by molar-refractivity contribution is -0.134. The third kappa shape index (κ3) is 3.49. The number of carbonyl (C=O) groups is 2. The van der Waals surface area contributed by atoms with Crippen LogP contribution < -0.4 is 4.74 Å². The van der Waals surface area contributed by atoms with Crippen molar-refractivity contribution in [1.82, 2.24) is 9.21 Å². The van der Waals surface area contributed by atoms with Crippen LogP contribution in [0.15, 0.2) is 53.4 Å². The highest BCUT2D eigenvalue weighted by Gasteiger charge is 2.49. The lowest BCUT2D eigenvalue weighted by atomic mass is 9.89. The van der Waals surface area contributed by atoms with Crippen molar-refractivity contribution in [2.24, 2.45) is 0 Å². The van der Waals surface area contributed by atoms with Gasteiger partial charge in [0.2, 0.25) is 15.9 Å². The summed E-state index contributed by atoms with van der Waals surface area (Å²) in [6.45, 7) is 0.825. The largest absolute Gasteiger partial charge is 0.484 e. The molecule has 0 aliphatic carbocycles. The smallest absolute Gasteiger partial charge is 0.243 e. The quantitative estimate of drug-likeness (QED) is 0.706. The molecule has 9 heteroatoms. The summed E-state index contributed by atoms with van der Waals surface area (Å²) in [6.07, 6.45) is 1.64. The molecule has 0 saturated carbocycles. The highest BCUT2D eigenvalue weighted by Crippen LogP contribution is 2.39. The van der Waals surface area contributed by atoms with E-state index >= 15 is 0 Å². The number of benzene rings is 2. The van der Waals surface area contributed by atoms with Gasteiger partial charge in [-0.2, -0.15) is 4.31 Å². The van der Waals surface area contributed by atoms with E-state index in [-0.39, 0.29) is 36.1 Å². The van der Waals surface area contributed by atoms with Crippen LogP contribution in [-0.4, -0.2) is 60.6 Å². The molecule has 7 nitrogen and oxygen atoms in total. The second-order valence-electron chi connectivity index (χ2n) is 8.62. The van der Waals surface area contributed by atoms with E-state index < -0.39 is 27.5 Å². The van der Waals surface area contributed by atoms with Gasteiger partial charge in [-0.3, -0.25) is 9.59 Å². The summed E-state index contributed by atoms with van der Waals surface area (Å²) in [4.78, 5) is 27.5. The number of sulfonamides is 1. The summed E-state index contributed by atoms with van der Waals surface area (Å²) in [5, 5.41) is 0. The Morgan fingerprint density at radius 1 is 1.12 bits per heavy atom. The Morgan fingerprint density at radius 2 is 1.94 bits per heavy atom. The summed E-state index contributed by atoms with van der Waals surface area (Å²) in [5.74, 6) is -0.435. The van der Waals surface area contributed by atoms with Gasteiger partial charge in [0.1, 0.15) is 23.2 Å². The van der Waals surface area contributed by atoms with Crippen molar-refractivity contribution in [1.29, 1.82) is 0 Å². The first-order chi connectivity index (χ1) is 15.3. The number of ketones is 1. The lowest BCUT2D eigenvalue weighted by Crippen LogP contribution is -2.50. The molecule has 3 aliphatic rings. The topological polar surface area (TPSA) is 84.0 Å². The monoisotopic (exact) mass is 458 g/mol. The van der Waals surface area contributed by atoms with Crippen molar-refractivity contribution in [3.8, 4) is 5.75 Å². The molecule has 2 fully saturated rings. The van der Waals surface area contributed by atoms with Gasteiger partial charge in [-0.1, -0.05) is 18.2 Å². The van der Waals surface area contributed by atoms with Crippen LogP contribution in [0.3, 0.4) is 0 Å². The average molecular weight is 459 g/mol. The van der Waals surface area contributed by atoms with Crippen molar-refractivity contribution >= 4 is 21.7 Å². The molecule has 2 aromatic carbocycles. The molecule has 32 heavy (non-hydrogen) atoms. The molecule has 2 unspecified atom stereocenters. The minimum absolute atomic E-state index is 0.0164.